The molecule has 5 nitrogen and oxygen atoms in total. The van der Waals surface area contributed by atoms with Crippen LogP contribution in [0.5, 0.6) is 5.75 Å². The van der Waals surface area contributed by atoms with Gasteiger partial charge in [-0.25, -0.2) is 0 Å². The summed E-state index contributed by atoms with van der Waals surface area (Å²) in [6.45, 7) is 2.36. The monoisotopic (exact) mass is 322 g/mol. The minimum Gasteiger partial charge on any atom is -0.497 e. The number of hydrogen-bond donors (Lipinski definition) is 0. The molecule has 0 aliphatic heterocycles. The zero-order chi connectivity index (χ0) is 17.1. The van der Waals surface area contributed by atoms with Gasteiger partial charge < -0.3 is 9.30 Å². The molecular weight excluding hydrogens is 304 g/mol. The van der Waals surface area contributed by atoms with Crippen molar-refractivity contribution in [2.24, 2.45) is 0 Å². The normalized spacial score (nSPS) is 10.6. The van der Waals surface area contributed by atoms with Gasteiger partial charge in [-0.1, -0.05) is 30.3 Å². The standard InChI is InChI=1S/C19H18N2O3/c1-14-6-3-4-7-15(14)13-20-10-11-21(19(23)18(20)22)16-8-5-9-17(12-16)24-2/h3-12H,13H2,1-2H3. The molecular formula is C19H18N2O3. The second kappa shape index (κ2) is 6.58. The Bertz CT molecular complexity index is 986. The van der Waals surface area contributed by atoms with E-state index in [0.717, 1.165) is 11.1 Å². The van der Waals surface area contributed by atoms with Crippen LogP contribution in [-0.2, 0) is 6.54 Å². The summed E-state index contributed by atoms with van der Waals surface area (Å²) >= 11 is 0. The van der Waals surface area contributed by atoms with E-state index in [0.29, 0.717) is 18.0 Å². The third-order valence-corrected chi connectivity index (χ3v) is 3.99. The molecule has 0 fully saturated rings. The Kier molecular flexibility index (Phi) is 4.33. The third-order valence-electron chi connectivity index (χ3n) is 3.99. The maximum absolute atomic E-state index is 12.5. The molecule has 24 heavy (non-hydrogen) atoms. The van der Waals surface area contributed by atoms with Gasteiger partial charge in [-0.05, 0) is 30.2 Å². The van der Waals surface area contributed by atoms with Crippen LogP contribution in [0.2, 0.25) is 0 Å². The summed E-state index contributed by atoms with van der Waals surface area (Å²) in [5, 5.41) is 0. The Morgan fingerprint density at radius 3 is 2.50 bits per heavy atom. The molecule has 0 aliphatic carbocycles. The molecule has 3 aromatic rings. The largest absolute Gasteiger partial charge is 0.497 e. The summed E-state index contributed by atoms with van der Waals surface area (Å²) in [4.78, 5) is 24.9. The zero-order valence-corrected chi connectivity index (χ0v) is 13.6. The van der Waals surface area contributed by atoms with Gasteiger partial charge in [-0.3, -0.25) is 14.2 Å². The van der Waals surface area contributed by atoms with Crippen LogP contribution in [-0.4, -0.2) is 16.2 Å². The quantitative estimate of drug-likeness (QED) is 0.693. The molecule has 0 N–H and O–H groups in total. The molecule has 2 aromatic carbocycles. The molecule has 5 heteroatoms. The van der Waals surface area contributed by atoms with Gasteiger partial charge >= 0.3 is 11.1 Å². The van der Waals surface area contributed by atoms with Crippen molar-refractivity contribution in [1.29, 1.82) is 0 Å². The van der Waals surface area contributed by atoms with Gasteiger partial charge in [0.15, 0.2) is 0 Å². The van der Waals surface area contributed by atoms with E-state index in [1.807, 2.05) is 31.2 Å². The van der Waals surface area contributed by atoms with Crippen molar-refractivity contribution in [1.82, 2.24) is 9.13 Å². The second-order valence-corrected chi connectivity index (χ2v) is 5.53. The molecule has 0 saturated carbocycles. The first-order chi connectivity index (χ1) is 11.6. The number of ether oxygens (including phenoxy) is 1. The van der Waals surface area contributed by atoms with Crippen molar-refractivity contribution in [2.45, 2.75) is 13.5 Å². The molecule has 0 atom stereocenters. The minimum atomic E-state index is -0.584. The van der Waals surface area contributed by atoms with Crippen LogP contribution >= 0.6 is 0 Å². The fourth-order valence-corrected chi connectivity index (χ4v) is 2.57. The van der Waals surface area contributed by atoms with Crippen molar-refractivity contribution >= 4 is 0 Å². The van der Waals surface area contributed by atoms with Crippen LogP contribution < -0.4 is 15.9 Å². The van der Waals surface area contributed by atoms with E-state index in [1.54, 1.807) is 43.8 Å². The number of hydrogen-bond acceptors (Lipinski definition) is 3. The Balaban J connectivity index is 2.02. The van der Waals surface area contributed by atoms with Crippen molar-refractivity contribution < 1.29 is 4.74 Å². The molecule has 0 bridgehead atoms. The van der Waals surface area contributed by atoms with E-state index < -0.39 is 11.1 Å². The van der Waals surface area contributed by atoms with E-state index in [-0.39, 0.29) is 0 Å². The summed E-state index contributed by atoms with van der Waals surface area (Å²) in [6, 6.07) is 14.8. The SMILES string of the molecule is COc1cccc(-n2ccn(Cc3ccccc3C)c(=O)c2=O)c1. The van der Waals surface area contributed by atoms with E-state index >= 15 is 0 Å². The van der Waals surface area contributed by atoms with Crippen molar-refractivity contribution in [3.8, 4) is 11.4 Å². The maximum atomic E-state index is 12.5. The summed E-state index contributed by atoms with van der Waals surface area (Å²) in [5.74, 6) is 0.628. The fraction of sp³-hybridized carbons (Fsp3) is 0.158. The van der Waals surface area contributed by atoms with Crippen LogP contribution in [0.4, 0.5) is 0 Å². The highest BCUT2D eigenvalue weighted by atomic mass is 16.5. The summed E-state index contributed by atoms with van der Waals surface area (Å²) in [5.41, 5.74) is 1.56. The second-order valence-electron chi connectivity index (χ2n) is 5.53. The molecule has 0 saturated heterocycles. The molecule has 0 amide bonds. The third kappa shape index (κ3) is 3.01. The van der Waals surface area contributed by atoms with E-state index in [2.05, 4.69) is 0 Å². The molecule has 1 aromatic heterocycles. The van der Waals surface area contributed by atoms with Crippen LogP contribution in [0.3, 0.4) is 0 Å². The van der Waals surface area contributed by atoms with E-state index in [4.69, 9.17) is 4.74 Å². The van der Waals surface area contributed by atoms with Gasteiger partial charge in [-0.2, -0.15) is 0 Å². The predicted molar refractivity (Wildman–Crippen MR) is 93.1 cm³/mol. The van der Waals surface area contributed by atoms with Gasteiger partial charge in [-0.15, -0.1) is 0 Å². The smallest absolute Gasteiger partial charge is 0.320 e. The Hall–Kier alpha value is -3.08. The number of rotatable bonds is 4. The maximum Gasteiger partial charge on any atom is 0.320 e. The Morgan fingerprint density at radius 2 is 1.75 bits per heavy atom. The van der Waals surface area contributed by atoms with E-state index in [9.17, 15) is 9.59 Å². The van der Waals surface area contributed by atoms with Crippen LogP contribution in [0.25, 0.3) is 5.69 Å². The topological polar surface area (TPSA) is 53.2 Å². The van der Waals surface area contributed by atoms with Gasteiger partial charge in [0, 0.05) is 18.5 Å². The number of aromatic nitrogens is 2. The van der Waals surface area contributed by atoms with Crippen molar-refractivity contribution in [2.75, 3.05) is 7.11 Å². The lowest BCUT2D eigenvalue weighted by molar-refractivity contribution is 0.414. The lowest BCUT2D eigenvalue weighted by atomic mass is 10.1. The van der Waals surface area contributed by atoms with Gasteiger partial charge in [0.2, 0.25) is 0 Å². The summed E-state index contributed by atoms with van der Waals surface area (Å²) < 4.78 is 7.93. The van der Waals surface area contributed by atoms with Crippen LogP contribution in [0.1, 0.15) is 11.1 Å². The molecule has 0 unspecified atom stereocenters. The fourth-order valence-electron chi connectivity index (χ4n) is 2.57. The number of aryl methyl sites for hydroxylation is 1. The highest BCUT2D eigenvalue weighted by Crippen LogP contribution is 2.14. The Labute approximate surface area is 139 Å². The predicted octanol–water partition coefficient (Wildman–Crippen LogP) is 2.36. The average Bonchev–Trinajstić information content (AvgIpc) is 2.61. The lowest BCUT2D eigenvalue weighted by Gasteiger charge is -2.11. The molecule has 0 spiro atoms. The Morgan fingerprint density at radius 1 is 0.958 bits per heavy atom. The lowest BCUT2D eigenvalue weighted by Crippen LogP contribution is -2.40. The summed E-state index contributed by atoms with van der Waals surface area (Å²) in [6.07, 6.45) is 3.24. The zero-order valence-electron chi connectivity index (χ0n) is 13.6. The molecule has 122 valence electrons. The highest BCUT2D eigenvalue weighted by molar-refractivity contribution is 5.39. The van der Waals surface area contributed by atoms with Crippen molar-refractivity contribution in [3.63, 3.8) is 0 Å². The van der Waals surface area contributed by atoms with Gasteiger partial charge in [0.05, 0.1) is 19.3 Å². The van der Waals surface area contributed by atoms with Crippen LogP contribution in [0.15, 0.2) is 70.5 Å². The van der Waals surface area contributed by atoms with Crippen LogP contribution in [0, 0.1) is 6.92 Å². The molecule has 0 radical (unpaired) electrons. The molecule has 0 aliphatic rings. The molecule has 1 heterocycles. The number of benzene rings is 2. The van der Waals surface area contributed by atoms with Gasteiger partial charge in [0.25, 0.3) is 0 Å². The summed E-state index contributed by atoms with van der Waals surface area (Å²) in [7, 11) is 1.56. The number of methoxy groups -OCH3 is 1. The van der Waals surface area contributed by atoms with Gasteiger partial charge in [0.1, 0.15) is 5.75 Å². The first-order valence-corrected chi connectivity index (χ1v) is 7.61. The average molecular weight is 322 g/mol. The number of nitrogens with zero attached hydrogens (tertiary/aromatic N) is 2. The minimum absolute atomic E-state index is 0.375. The van der Waals surface area contributed by atoms with Crippen molar-refractivity contribution in [3.05, 3.63) is 92.8 Å². The van der Waals surface area contributed by atoms with E-state index in [1.165, 1.54) is 9.13 Å². The highest BCUT2D eigenvalue weighted by Gasteiger charge is 2.08. The molecule has 3 rings (SSSR count). The first-order valence-electron chi connectivity index (χ1n) is 7.61. The first kappa shape index (κ1) is 15.8.